The Morgan fingerprint density at radius 2 is 1.62 bits per heavy atom. The largest absolute Gasteiger partial charge is 0.378 e. The van der Waals surface area contributed by atoms with Crippen LogP contribution in [0.5, 0.6) is 0 Å². The number of amides is 1. The average molecular weight is 495 g/mol. The van der Waals surface area contributed by atoms with Crippen molar-refractivity contribution in [3.63, 3.8) is 0 Å². The number of aromatic nitrogens is 2. The number of hydrogen-bond acceptors (Lipinski definition) is 7. The summed E-state index contributed by atoms with van der Waals surface area (Å²) in [4.78, 5) is 23.9. The van der Waals surface area contributed by atoms with E-state index in [0.717, 1.165) is 48.8 Å². The van der Waals surface area contributed by atoms with Gasteiger partial charge in [0.25, 0.3) is 0 Å². The molecule has 0 spiro atoms. The molecule has 0 bridgehead atoms. The zero-order valence-corrected chi connectivity index (χ0v) is 20.5. The number of nitrogens with zero attached hydrogens (tertiary/aromatic N) is 3. The molecule has 0 saturated carbocycles. The smallest absolute Gasteiger partial charge is 0.241 e. The molecule has 5 rings (SSSR count). The minimum absolute atomic E-state index is 0.218. The first-order valence-corrected chi connectivity index (χ1v) is 12.4. The topological polar surface area (TPSA) is 105 Å². The normalized spacial score (nSPS) is 14.1. The predicted octanol–water partition coefficient (Wildman–Crippen LogP) is 4.23. The van der Waals surface area contributed by atoms with Gasteiger partial charge in [0.15, 0.2) is 0 Å². The molecule has 1 aliphatic rings. The zero-order valence-electron chi connectivity index (χ0n) is 20.5. The van der Waals surface area contributed by atoms with Crippen LogP contribution in [0.25, 0.3) is 11.3 Å². The molecule has 188 valence electrons. The summed E-state index contributed by atoms with van der Waals surface area (Å²) < 4.78 is 5.43. The number of benzene rings is 3. The number of morpholine rings is 1. The molecule has 1 aromatic heterocycles. The number of ether oxygens (including phenoxy) is 1. The molecule has 8 nitrogen and oxygen atoms in total. The molecule has 8 heteroatoms. The van der Waals surface area contributed by atoms with E-state index in [4.69, 9.17) is 10.5 Å². The van der Waals surface area contributed by atoms with Gasteiger partial charge in [-0.2, -0.15) is 0 Å². The lowest BCUT2D eigenvalue weighted by atomic mass is 10.1. The first kappa shape index (κ1) is 24.4. The van der Waals surface area contributed by atoms with Crippen molar-refractivity contribution in [2.45, 2.75) is 12.5 Å². The number of anilines is 4. The highest BCUT2D eigenvalue weighted by atomic mass is 16.5. The predicted molar refractivity (Wildman–Crippen MR) is 147 cm³/mol. The standard InChI is InChI=1S/C29H30N6O2/c30-26(20-21-4-2-1-3-5-21)28(36)32-23-8-6-22(7-9-23)27-14-15-31-29(34-27)33-24-10-12-25(13-11-24)35-16-18-37-19-17-35/h1-15,26H,16-20,30H2,(H,32,36)(H,31,33,34)/t26-/m1/s1. The minimum atomic E-state index is -0.625. The van der Waals surface area contributed by atoms with Gasteiger partial charge in [-0.3, -0.25) is 4.79 Å². The van der Waals surface area contributed by atoms with Gasteiger partial charge in [0.2, 0.25) is 11.9 Å². The Morgan fingerprint density at radius 1 is 0.919 bits per heavy atom. The van der Waals surface area contributed by atoms with Crippen molar-refractivity contribution < 1.29 is 9.53 Å². The fraction of sp³-hybridized carbons (Fsp3) is 0.207. The first-order chi connectivity index (χ1) is 18.1. The van der Waals surface area contributed by atoms with Crippen LogP contribution in [-0.2, 0) is 16.0 Å². The van der Waals surface area contributed by atoms with E-state index < -0.39 is 6.04 Å². The summed E-state index contributed by atoms with van der Waals surface area (Å²) >= 11 is 0. The van der Waals surface area contributed by atoms with E-state index in [9.17, 15) is 4.79 Å². The lowest BCUT2D eigenvalue weighted by Gasteiger charge is -2.28. The van der Waals surface area contributed by atoms with Crippen molar-refractivity contribution in [1.82, 2.24) is 9.97 Å². The zero-order chi connectivity index (χ0) is 25.5. The fourth-order valence-electron chi connectivity index (χ4n) is 4.21. The van der Waals surface area contributed by atoms with Gasteiger partial charge in [-0.05, 0) is 54.4 Å². The molecule has 1 saturated heterocycles. The molecule has 3 aromatic carbocycles. The third-order valence-corrected chi connectivity index (χ3v) is 6.24. The molecule has 37 heavy (non-hydrogen) atoms. The Kier molecular flexibility index (Phi) is 7.69. The summed E-state index contributed by atoms with van der Waals surface area (Å²) in [5.74, 6) is 0.297. The molecule has 0 radical (unpaired) electrons. The SMILES string of the molecule is N[C@H](Cc1ccccc1)C(=O)Nc1ccc(-c2ccnc(Nc3ccc(N4CCOCC4)cc3)n2)cc1. The molecule has 0 unspecified atom stereocenters. The molecular weight excluding hydrogens is 464 g/mol. The van der Waals surface area contributed by atoms with Crippen LogP contribution in [0.15, 0.2) is 91.1 Å². The Bertz CT molecular complexity index is 1310. The third-order valence-electron chi connectivity index (χ3n) is 6.24. The van der Waals surface area contributed by atoms with Crippen LogP contribution in [0.4, 0.5) is 23.0 Å². The van der Waals surface area contributed by atoms with Crippen molar-refractivity contribution >= 4 is 28.9 Å². The van der Waals surface area contributed by atoms with Crippen LogP contribution in [0.1, 0.15) is 5.56 Å². The summed E-state index contributed by atoms with van der Waals surface area (Å²) in [6, 6.07) is 26.8. The number of nitrogens with two attached hydrogens (primary N) is 1. The van der Waals surface area contributed by atoms with Crippen LogP contribution in [0.2, 0.25) is 0 Å². The fourth-order valence-corrected chi connectivity index (χ4v) is 4.21. The average Bonchev–Trinajstić information content (AvgIpc) is 2.95. The van der Waals surface area contributed by atoms with Gasteiger partial charge in [-0.1, -0.05) is 42.5 Å². The number of nitrogens with one attached hydrogen (secondary N) is 2. The van der Waals surface area contributed by atoms with E-state index in [1.165, 1.54) is 5.69 Å². The Balaban J connectivity index is 1.19. The van der Waals surface area contributed by atoms with Crippen LogP contribution < -0.4 is 21.3 Å². The first-order valence-electron chi connectivity index (χ1n) is 12.4. The molecule has 4 aromatic rings. The Labute approximate surface area is 216 Å². The molecule has 1 atom stereocenters. The van der Waals surface area contributed by atoms with Crippen LogP contribution >= 0.6 is 0 Å². The summed E-state index contributed by atoms with van der Waals surface area (Å²) in [5.41, 5.74) is 11.6. The van der Waals surface area contributed by atoms with Crippen LogP contribution in [0, 0.1) is 0 Å². The maximum absolute atomic E-state index is 12.5. The van der Waals surface area contributed by atoms with E-state index in [1.807, 2.05) is 72.8 Å². The second-order valence-corrected chi connectivity index (χ2v) is 8.90. The molecule has 1 aliphatic heterocycles. The lowest BCUT2D eigenvalue weighted by molar-refractivity contribution is -0.117. The minimum Gasteiger partial charge on any atom is -0.378 e. The van der Waals surface area contributed by atoms with Gasteiger partial charge >= 0.3 is 0 Å². The van der Waals surface area contributed by atoms with E-state index in [2.05, 4.69) is 37.6 Å². The highest BCUT2D eigenvalue weighted by Gasteiger charge is 2.15. The number of hydrogen-bond donors (Lipinski definition) is 3. The van der Waals surface area contributed by atoms with Gasteiger partial charge in [0.05, 0.1) is 24.9 Å². The second kappa shape index (κ2) is 11.6. The number of carbonyl (C=O) groups is 1. The molecular formula is C29H30N6O2. The van der Waals surface area contributed by atoms with E-state index in [1.54, 1.807) is 6.20 Å². The molecule has 0 aliphatic carbocycles. The maximum Gasteiger partial charge on any atom is 0.241 e. The monoisotopic (exact) mass is 494 g/mol. The lowest BCUT2D eigenvalue weighted by Crippen LogP contribution is -2.37. The van der Waals surface area contributed by atoms with Crippen molar-refractivity contribution in [3.8, 4) is 11.3 Å². The van der Waals surface area contributed by atoms with Crippen LogP contribution in [-0.4, -0.2) is 48.2 Å². The summed E-state index contributed by atoms with van der Waals surface area (Å²) in [6.07, 6.45) is 2.21. The van der Waals surface area contributed by atoms with Crippen molar-refractivity contribution in [3.05, 3.63) is 96.7 Å². The van der Waals surface area contributed by atoms with Gasteiger partial charge in [-0.25, -0.2) is 9.97 Å². The third kappa shape index (κ3) is 6.49. The van der Waals surface area contributed by atoms with Crippen molar-refractivity contribution in [2.75, 3.05) is 41.8 Å². The van der Waals surface area contributed by atoms with E-state index in [0.29, 0.717) is 18.1 Å². The summed E-state index contributed by atoms with van der Waals surface area (Å²) in [7, 11) is 0. The van der Waals surface area contributed by atoms with Crippen LogP contribution in [0.3, 0.4) is 0 Å². The summed E-state index contributed by atoms with van der Waals surface area (Å²) in [5, 5.41) is 6.17. The highest BCUT2D eigenvalue weighted by molar-refractivity contribution is 5.95. The molecule has 1 amide bonds. The Hall–Kier alpha value is -4.27. The quantitative estimate of drug-likeness (QED) is 0.337. The van der Waals surface area contributed by atoms with Gasteiger partial charge in [0, 0.05) is 41.9 Å². The van der Waals surface area contributed by atoms with E-state index >= 15 is 0 Å². The van der Waals surface area contributed by atoms with Crippen molar-refractivity contribution in [2.24, 2.45) is 5.73 Å². The van der Waals surface area contributed by atoms with Gasteiger partial charge in [0.1, 0.15) is 0 Å². The summed E-state index contributed by atoms with van der Waals surface area (Å²) in [6.45, 7) is 3.33. The Morgan fingerprint density at radius 3 is 2.35 bits per heavy atom. The van der Waals surface area contributed by atoms with Gasteiger partial charge in [-0.15, -0.1) is 0 Å². The molecule has 2 heterocycles. The highest BCUT2D eigenvalue weighted by Crippen LogP contribution is 2.23. The molecule has 4 N–H and O–H groups in total. The van der Waals surface area contributed by atoms with Crippen molar-refractivity contribution in [1.29, 1.82) is 0 Å². The van der Waals surface area contributed by atoms with E-state index in [-0.39, 0.29) is 5.91 Å². The second-order valence-electron chi connectivity index (χ2n) is 8.90. The molecule has 1 fully saturated rings. The maximum atomic E-state index is 12.5. The number of rotatable bonds is 8. The number of carbonyl (C=O) groups excluding carboxylic acids is 1. The van der Waals surface area contributed by atoms with Gasteiger partial charge < -0.3 is 26.0 Å².